The van der Waals surface area contributed by atoms with E-state index in [0.29, 0.717) is 19.7 Å². The zero-order chi connectivity index (χ0) is 19.5. The third-order valence-corrected chi connectivity index (χ3v) is 6.21. The number of nitrogens with one attached hydrogen (secondary N) is 1. The number of hydrogen-bond acceptors (Lipinski definition) is 6. The van der Waals surface area contributed by atoms with Crippen molar-refractivity contribution in [1.82, 2.24) is 14.9 Å². The molecule has 1 N–H and O–H groups in total. The first-order valence-electron chi connectivity index (χ1n) is 9.69. The van der Waals surface area contributed by atoms with Crippen LogP contribution in [0.2, 0.25) is 0 Å². The first kappa shape index (κ1) is 18.7. The zero-order valence-corrected chi connectivity index (χ0v) is 17.0. The molecule has 0 aliphatic carbocycles. The molecule has 28 heavy (non-hydrogen) atoms. The van der Waals surface area contributed by atoms with Crippen molar-refractivity contribution >= 4 is 33.5 Å². The van der Waals surface area contributed by atoms with Crippen molar-refractivity contribution in [3.05, 3.63) is 52.7 Å². The van der Waals surface area contributed by atoms with Crippen molar-refractivity contribution in [2.45, 2.75) is 39.3 Å². The lowest BCUT2D eigenvalue weighted by Crippen LogP contribution is -2.35. The largest absolute Gasteiger partial charge is 0.450 e. The van der Waals surface area contributed by atoms with E-state index in [9.17, 15) is 4.79 Å². The number of amides is 1. The molecule has 0 radical (unpaired) electrons. The smallest absolute Gasteiger partial charge is 0.410 e. The molecule has 3 heterocycles. The summed E-state index contributed by atoms with van der Waals surface area (Å²) in [7, 11) is 0. The molecule has 3 aromatic rings. The predicted octanol–water partition coefficient (Wildman–Crippen LogP) is 4.77. The summed E-state index contributed by atoms with van der Waals surface area (Å²) < 4.78 is 5.16. The second-order valence-corrected chi connectivity index (χ2v) is 7.88. The third-order valence-electron chi connectivity index (χ3n) is 5.08. The normalized spacial score (nSPS) is 14.6. The minimum absolute atomic E-state index is 0.189. The highest BCUT2D eigenvalue weighted by Gasteiger charge is 2.27. The molecule has 6 nitrogen and oxygen atoms in total. The second kappa shape index (κ2) is 8.14. The molecule has 0 bridgehead atoms. The van der Waals surface area contributed by atoms with Gasteiger partial charge in [0.15, 0.2) is 0 Å². The molecule has 0 spiro atoms. The Labute approximate surface area is 168 Å². The van der Waals surface area contributed by atoms with Gasteiger partial charge in [-0.25, -0.2) is 14.8 Å². The van der Waals surface area contributed by atoms with Crippen molar-refractivity contribution in [1.29, 1.82) is 0 Å². The maximum Gasteiger partial charge on any atom is 0.410 e. The fraction of sp³-hybridized carbons (Fsp3) is 0.381. The van der Waals surface area contributed by atoms with Gasteiger partial charge in [-0.3, -0.25) is 0 Å². The minimum atomic E-state index is -0.245. The molecular formula is C21H24N4O2S. The fourth-order valence-electron chi connectivity index (χ4n) is 3.68. The number of hydrogen-bond donors (Lipinski definition) is 1. The van der Waals surface area contributed by atoms with Gasteiger partial charge in [0.1, 0.15) is 17.0 Å². The van der Waals surface area contributed by atoms with Gasteiger partial charge < -0.3 is 15.0 Å². The number of aromatic nitrogens is 2. The van der Waals surface area contributed by atoms with Crippen molar-refractivity contribution in [2.75, 3.05) is 18.5 Å². The molecule has 146 valence electrons. The van der Waals surface area contributed by atoms with Crippen molar-refractivity contribution in [2.24, 2.45) is 0 Å². The Hall–Kier alpha value is -2.67. The van der Waals surface area contributed by atoms with Crippen LogP contribution >= 0.6 is 11.3 Å². The zero-order valence-electron chi connectivity index (χ0n) is 16.1. The highest BCUT2D eigenvalue weighted by molar-refractivity contribution is 7.19. The molecule has 1 amide bonds. The number of carbonyl (C=O) groups excluding carboxylic acids is 1. The Kier molecular flexibility index (Phi) is 5.43. The Balaban J connectivity index is 1.65. The van der Waals surface area contributed by atoms with E-state index in [-0.39, 0.29) is 12.1 Å². The van der Waals surface area contributed by atoms with Gasteiger partial charge in [-0.2, -0.15) is 0 Å². The maximum atomic E-state index is 12.1. The van der Waals surface area contributed by atoms with Crippen LogP contribution in [0, 0.1) is 0 Å². The van der Waals surface area contributed by atoms with E-state index in [0.717, 1.165) is 28.9 Å². The van der Waals surface area contributed by atoms with E-state index in [1.165, 1.54) is 16.0 Å². The molecule has 4 rings (SSSR count). The van der Waals surface area contributed by atoms with Gasteiger partial charge in [-0.05, 0) is 30.9 Å². The van der Waals surface area contributed by atoms with Gasteiger partial charge >= 0.3 is 6.09 Å². The molecule has 0 saturated carbocycles. The van der Waals surface area contributed by atoms with Crippen molar-refractivity contribution in [3.63, 3.8) is 0 Å². The Morgan fingerprint density at radius 1 is 1.29 bits per heavy atom. The lowest BCUT2D eigenvalue weighted by atomic mass is 10.0. The summed E-state index contributed by atoms with van der Waals surface area (Å²) >= 11 is 1.64. The third kappa shape index (κ3) is 3.54. The van der Waals surface area contributed by atoms with Gasteiger partial charge in [0, 0.05) is 11.4 Å². The van der Waals surface area contributed by atoms with Crippen LogP contribution in [0.5, 0.6) is 0 Å². The Morgan fingerprint density at radius 2 is 2.11 bits per heavy atom. The number of rotatable bonds is 5. The van der Waals surface area contributed by atoms with Gasteiger partial charge in [0.25, 0.3) is 0 Å². The van der Waals surface area contributed by atoms with Crippen LogP contribution in [-0.4, -0.2) is 34.1 Å². The lowest BCUT2D eigenvalue weighted by Gasteiger charge is -2.26. The summed E-state index contributed by atoms with van der Waals surface area (Å²) in [6.07, 6.45) is 3.12. The van der Waals surface area contributed by atoms with Crippen LogP contribution in [0.4, 0.5) is 10.6 Å². The summed E-state index contributed by atoms with van der Waals surface area (Å²) in [4.78, 5) is 25.1. The number of benzene rings is 1. The highest BCUT2D eigenvalue weighted by atomic mass is 32.1. The van der Waals surface area contributed by atoms with Crippen LogP contribution in [-0.2, 0) is 17.7 Å². The summed E-state index contributed by atoms with van der Waals surface area (Å²) in [5, 5.41) is 4.73. The van der Waals surface area contributed by atoms with Crippen LogP contribution < -0.4 is 5.32 Å². The second-order valence-electron chi connectivity index (χ2n) is 6.79. The molecule has 1 aliphatic rings. The van der Waals surface area contributed by atoms with Crippen molar-refractivity contribution in [3.8, 4) is 0 Å². The molecular weight excluding hydrogens is 372 g/mol. The Bertz CT molecular complexity index is 973. The molecule has 0 unspecified atom stereocenters. The topological polar surface area (TPSA) is 67.3 Å². The predicted molar refractivity (Wildman–Crippen MR) is 112 cm³/mol. The van der Waals surface area contributed by atoms with Gasteiger partial charge in [-0.15, -0.1) is 11.3 Å². The van der Waals surface area contributed by atoms with E-state index < -0.39 is 0 Å². The number of thiophene rings is 1. The van der Waals surface area contributed by atoms with Gasteiger partial charge in [0.2, 0.25) is 0 Å². The van der Waals surface area contributed by atoms with Crippen molar-refractivity contribution < 1.29 is 9.53 Å². The van der Waals surface area contributed by atoms with E-state index in [1.54, 1.807) is 22.6 Å². The van der Waals surface area contributed by atoms with Gasteiger partial charge in [0.05, 0.1) is 24.6 Å². The first-order valence-corrected chi connectivity index (χ1v) is 10.5. The average Bonchev–Trinajstić information content (AvgIpc) is 3.11. The SMILES string of the molecule is CCOC(=O)N1CCc2c(sc3ncnc(N[C@H](CC)c4ccccc4)c23)C1. The van der Waals surface area contributed by atoms with Crippen LogP contribution in [0.1, 0.15) is 42.3 Å². The summed E-state index contributed by atoms with van der Waals surface area (Å²) in [6, 6.07) is 10.6. The monoisotopic (exact) mass is 396 g/mol. The molecule has 0 fully saturated rings. The van der Waals surface area contributed by atoms with E-state index in [4.69, 9.17) is 4.74 Å². The number of ether oxygens (including phenoxy) is 1. The molecule has 1 aliphatic heterocycles. The fourth-order valence-corrected chi connectivity index (χ4v) is 4.88. The highest BCUT2D eigenvalue weighted by Crippen LogP contribution is 2.38. The van der Waals surface area contributed by atoms with E-state index in [2.05, 4.69) is 46.5 Å². The van der Waals surface area contributed by atoms with E-state index in [1.807, 2.05) is 13.0 Å². The number of nitrogens with zero attached hydrogens (tertiary/aromatic N) is 3. The standard InChI is InChI=1S/C21H24N4O2S/c1-3-16(14-8-6-5-7-9-14)24-19-18-15-10-11-25(21(26)27-4-2)12-17(15)28-20(18)23-13-22-19/h5-9,13,16H,3-4,10-12H2,1-2H3,(H,22,23,24)/t16-/m1/s1. The van der Waals surface area contributed by atoms with Gasteiger partial charge in [-0.1, -0.05) is 37.3 Å². The summed E-state index contributed by atoms with van der Waals surface area (Å²) in [6.45, 7) is 5.62. The minimum Gasteiger partial charge on any atom is -0.450 e. The molecule has 2 aromatic heterocycles. The number of anilines is 1. The number of carbonyl (C=O) groups is 1. The summed E-state index contributed by atoms with van der Waals surface area (Å²) in [5.74, 6) is 0.878. The molecule has 1 atom stereocenters. The lowest BCUT2D eigenvalue weighted by molar-refractivity contribution is 0.103. The number of fused-ring (bicyclic) bond motifs is 3. The Morgan fingerprint density at radius 3 is 2.86 bits per heavy atom. The first-order chi connectivity index (χ1) is 13.7. The molecule has 7 heteroatoms. The van der Waals surface area contributed by atoms with Crippen LogP contribution in [0.15, 0.2) is 36.7 Å². The maximum absolute atomic E-state index is 12.1. The molecule has 0 saturated heterocycles. The quantitative estimate of drug-likeness (QED) is 0.673. The van der Waals surface area contributed by atoms with E-state index >= 15 is 0 Å². The summed E-state index contributed by atoms with van der Waals surface area (Å²) in [5.41, 5.74) is 2.50. The molecule has 1 aromatic carbocycles. The average molecular weight is 397 g/mol. The van der Waals surface area contributed by atoms with Crippen LogP contribution in [0.25, 0.3) is 10.2 Å². The van der Waals surface area contributed by atoms with Crippen LogP contribution in [0.3, 0.4) is 0 Å².